The molecule has 29 heavy (non-hydrogen) atoms. The van der Waals surface area contributed by atoms with E-state index in [1.54, 1.807) is 4.90 Å². The van der Waals surface area contributed by atoms with Crippen LogP contribution in [0.1, 0.15) is 25.8 Å². The Kier molecular flexibility index (Phi) is 5.29. The van der Waals surface area contributed by atoms with E-state index in [0.717, 1.165) is 17.0 Å². The topological polar surface area (TPSA) is 77.1 Å². The molecule has 1 fully saturated rings. The number of nitrogens with one attached hydrogen (secondary N) is 1. The predicted molar refractivity (Wildman–Crippen MR) is 107 cm³/mol. The van der Waals surface area contributed by atoms with Gasteiger partial charge in [0.25, 0.3) is 0 Å². The van der Waals surface area contributed by atoms with E-state index in [0.29, 0.717) is 24.6 Å². The monoisotopic (exact) mass is 396 g/mol. The molecule has 0 saturated carbocycles. The van der Waals surface area contributed by atoms with Crippen molar-refractivity contribution in [1.82, 2.24) is 5.32 Å². The van der Waals surface area contributed by atoms with E-state index in [2.05, 4.69) is 5.32 Å². The average Bonchev–Trinajstić information content (AvgIpc) is 3.32. The third-order valence-electron chi connectivity index (χ3n) is 4.92. The van der Waals surface area contributed by atoms with Crippen molar-refractivity contribution in [2.24, 2.45) is 5.92 Å². The summed E-state index contributed by atoms with van der Waals surface area (Å²) in [6.07, 6.45) is 0.295. The molecule has 2 aromatic rings. The standard InChI is InChI=1S/C22H24N2O5/c1-14(2)29-18-6-4-17(5-7-18)24-12-16(10-21(24)25)22(26)23-11-15-3-8-19-20(9-15)28-13-27-19/h3-9,14,16H,10-13H2,1-2H3,(H,23,26)/t16-/m1/s1. The molecule has 152 valence electrons. The van der Waals surface area contributed by atoms with Crippen molar-refractivity contribution in [2.45, 2.75) is 32.9 Å². The molecule has 7 nitrogen and oxygen atoms in total. The van der Waals surface area contributed by atoms with E-state index in [1.807, 2.05) is 56.3 Å². The van der Waals surface area contributed by atoms with Gasteiger partial charge in [0.1, 0.15) is 5.75 Å². The van der Waals surface area contributed by atoms with Gasteiger partial charge in [0, 0.05) is 25.2 Å². The zero-order chi connectivity index (χ0) is 20.4. The molecule has 1 atom stereocenters. The van der Waals surface area contributed by atoms with Crippen LogP contribution in [-0.2, 0) is 16.1 Å². The third-order valence-corrected chi connectivity index (χ3v) is 4.92. The molecule has 1 saturated heterocycles. The Balaban J connectivity index is 1.34. The summed E-state index contributed by atoms with van der Waals surface area (Å²) in [6.45, 7) is 4.89. The second-order valence-corrected chi connectivity index (χ2v) is 7.47. The predicted octanol–water partition coefficient (Wildman–Crippen LogP) is 2.87. The van der Waals surface area contributed by atoms with Crippen LogP contribution in [-0.4, -0.2) is 31.3 Å². The highest BCUT2D eigenvalue weighted by molar-refractivity contribution is 6.00. The van der Waals surface area contributed by atoms with Crippen LogP contribution in [0.3, 0.4) is 0 Å². The summed E-state index contributed by atoms with van der Waals surface area (Å²) in [5, 5.41) is 2.92. The van der Waals surface area contributed by atoms with Crippen molar-refractivity contribution < 1.29 is 23.8 Å². The molecule has 2 aromatic carbocycles. The molecule has 1 N–H and O–H groups in total. The van der Waals surface area contributed by atoms with Gasteiger partial charge in [0.2, 0.25) is 18.6 Å². The van der Waals surface area contributed by atoms with Crippen LogP contribution in [0.5, 0.6) is 17.2 Å². The zero-order valence-corrected chi connectivity index (χ0v) is 16.5. The van der Waals surface area contributed by atoms with Crippen molar-refractivity contribution in [1.29, 1.82) is 0 Å². The Morgan fingerprint density at radius 2 is 1.93 bits per heavy atom. The molecular formula is C22H24N2O5. The van der Waals surface area contributed by atoms with Gasteiger partial charge < -0.3 is 24.4 Å². The van der Waals surface area contributed by atoms with E-state index < -0.39 is 0 Å². The maximum absolute atomic E-state index is 12.6. The summed E-state index contributed by atoms with van der Waals surface area (Å²) >= 11 is 0. The fraction of sp³-hybridized carbons (Fsp3) is 0.364. The molecule has 0 bridgehead atoms. The first-order valence-corrected chi connectivity index (χ1v) is 9.73. The van der Waals surface area contributed by atoms with E-state index >= 15 is 0 Å². The Hall–Kier alpha value is -3.22. The Morgan fingerprint density at radius 3 is 2.69 bits per heavy atom. The molecule has 2 aliphatic rings. The Morgan fingerprint density at radius 1 is 1.17 bits per heavy atom. The molecule has 0 aliphatic carbocycles. The van der Waals surface area contributed by atoms with Crippen molar-refractivity contribution in [3.8, 4) is 17.2 Å². The van der Waals surface area contributed by atoms with E-state index in [4.69, 9.17) is 14.2 Å². The number of hydrogen-bond donors (Lipinski definition) is 1. The van der Waals surface area contributed by atoms with Crippen molar-refractivity contribution in [2.75, 3.05) is 18.2 Å². The first-order valence-electron chi connectivity index (χ1n) is 9.73. The summed E-state index contributed by atoms with van der Waals surface area (Å²) in [5.74, 6) is 1.60. The summed E-state index contributed by atoms with van der Waals surface area (Å²) in [5.41, 5.74) is 1.70. The maximum Gasteiger partial charge on any atom is 0.231 e. The van der Waals surface area contributed by atoms with Gasteiger partial charge in [0.05, 0.1) is 12.0 Å². The van der Waals surface area contributed by atoms with E-state index in [1.165, 1.54) is 0 Å². The molecule has 0 spiro atoms. The largest absolute Gasteiger partial charge is 0.491 e. The Labute approximate surface area is 169 Å². The van der Waals surface area contributed by atoms with Gasteiger partial charge in [-0.3, -0.25) is 9.59 Å². The highest BCUT2D eigenvalue weighted by Gasteiger charge is 2.35. The molecule has 0 radical (unpaired) electrons. The number of carbonyl (C=O) groups is 2. The van der Waals surface area contributed by atoms with Crippen LogP contribution in [0.4, 0.5) is 5.69 Å². The van der Waals surface area contributed by atoms with Crippen LogP contribution in [0.2, 0.25) is 0 Å². The molecule has 0 unspecified atom stereocenters. The van der Waals surface area contributed by atoms with Gasteiger partial charge in [-0.1, -0.05) is 6.07 Å². The third kappa shape index (κ3) is 4.29. The van der Waals surface area contributed by atoms with Crippen LogP contribution in [0.25, 0.3) is 0 Å². The van der Waals surface area contributed by atoms with Crippen LogP contribution in [0, 0.1) is 5.92 Å². The van der Waals surface area contributed by atoms with Crippen molar-refractivity contribution >= 4 is 17.5 Å². The fourth-order valence-corrected chi connectivity index (χ4v) is 3.49. The number of hydrogen-bond acceptors (Lipinski definition) is 5. The fourth-order valence-electron chi connectivity index (χ4n) is 3.49. The van der Waals surface area contributed by atoms with Crippen LogP contribution >= 0.6 is 0 Å². The number of anilines is 1. The average molecular weight is 396 g/mol. The van der Waals surface area contributed by atoms with Crippen molar-refractivity contribution in [3.63, 3.8) is 0 Å². The molecule has 7 heteroatoms. The quantitative estimate of drug-likeness (QED) is 0.813. The van der Waals surface area contributed by atoms with Gasteiger partial charge in [-0.2, -0.15) is 0 Å². The summed E-state index contributed by atoms with van der Waals surface area (Å²) in [6, 6.07) is 13.0. The maximum atomic E-state index is 12.6. The smallest absolute Gasteiger partial charge is 0.231 e. The highest BCUT2D eigenvalue weighted by atomic mass is 16.7. The molecule has 2 aliphatic heterocycles. The summed E-state index contributed by atoms with van der Waals surface area (Å²) < 4.78 is 16.3. The number of ether oxygens (including phenoxy) is 3. The first-order chi connectivity index (χ1) is 14.0. The number of carbonyl (C=O) groups excluding carboxylic acids is 2. The lowest BCUT2D eigenvalue weighted by Crippen LogP contribution is -2.32. The number of rotatable bonds is 6. The molecule has 0 aromatic heterocycles. The second-order valence-electron chi connectivity index (χ2n) is 7.47. The molecule has 2 heterocycles. The van der Waals surface area contributed by atoms with Crippen LogP contribution < -0.4 is 24.4 Å². The minimum atomic E-state index is -0.372. The van der Waals surface area contributed by atoms with Gasteiger partial charge in [0.15, 0.2) is 11.5 Å². The lowest BCUT2D eigenvalue weighted by atomic mass is 10.1. The number of benzene rings is 2. The molecule has 4 rings (SSSR count). The Bertz CT molecular complexity index is 910. The summed E-state index contributed by atoms with van der Waals surface area (Å²) in [7, 11) is 0. The second kappa shape index (κ2) is 8.03. The molecule has 2 amide bonds. The molecular weight excluding hydrogens is 372 g/mol. The minimum absolute atomic E-state index is 0.0502. The summed E-state index contributed by atoms with van der Waals surface area (Å²) in [4.78, 5) is 26.7. The lowest BCUT2D eigenvalue weighted by Gasteiger charge is -2.18. The SMILES string of the molecule is CC(C)Oc1ccc(N2C[C@H](C(=O)NCc3ccc4c(c3)OCO4)CC2=O)cc1. The van der Waals surface area contributed by atoms with Gasteiger partial charge in [-0.15, -0.1) is 0 Å². The van der Waals surface area contributed by atoms with Gasteiger partial charge in [-0.05, 0) is 55.8 Å². The highest BCUT2D eigenvalue weighted by Crippen LogP contribution is 2.32. The zero-order valence-electron chi connectivity index (χ0n) is 16.5. The van der Waals surface area contributed by atoms with E-state index in [9.17, 15) is 9.59 Å². The number of amides is 2. The van der Waals surface area contributed by atoms with Crippen LogP contribution in [0.15, 0.2) is 42.5 Å². The van der Waals surface area contributed by atoms with E-state index in [-0.39, 0.29) is 37.0 Å². The number of fused-ring (bicyclic) bond motifs is 1. The lowest BCUT2D eigenvalue weighted by molar-refractivity contribution is -0.126. The first kappa shape index (κ1) is 19.1. The van der Waals surface area contributed by atoms with Gasteiger partial charge >= 0.3 is 0 Å². The number of nitrogens with zero attached hydrogens (tertiary/aromatic N) is 1. The minimum Gasteiger partial charge on any atom is -0.491 e. The van der Waals surface area contributed by atoms with Gasteiger partial charge in [-0.25, -0.2) is 0 Å². The normalized spacial score (nSPS) is 17.7. The van der Waals surface area contributed by atoms with Crippen molar-refractivity contribution in [3.05, 3.63) is 48.0 Å².